The monoisotopic (exact) mass is 260 g/mol. The number of pyridine rings is 1. The highest BCUT2D eigenvalue weighted by molar-refractivity contribution is 5.36. The van der Waals surface area contributed by atoms with Gasteiger partial charge in [0.25, 0.3) is 0 Å². The minimum Gasteiger partial charge on any atom is -0.496 e. The Hall–Kier alpha value is -1.94. The fraction of sp³-hybridized carbons (Fsp3) is 0.267. The van der Waals surface area contributed by atoms with Crippen molar-refractivity contribution in [2.75, 3.05) is 7.11 Å². The summed E-state index contributed by atoms with van der Waals surface area (Å²) < 4.78 is 18.6. The second kappa shape index (κ2) is 6.29. The smallest absolute Gasteiger partial charge is 0.123 e. The lowest BCUT2D eigenvalue weighted by atomic mass is 10.1. The maximum atomic E-state index is 13.3. The normalized spacial score (nSPS) is 12.2. The zero-order chi connectivity index (χ0) is 13.7. The van der Waals surface area contributed by atoms with E-state index in [0.29, 0.717) is 12.3 Å². The average Bonchev–Trinajstić information content (AvgIpc) is 2.46. The summed E-state index contributed by atoms with van der Waals surface area (Å²) in [7, 11) is 1.59. The molecule has 0 saturated heterocycles. The molecular weight excluding hydrogens is 243 g/mol. The van der Waals surface area contributed by atoms with E-state index in [4.69, 9.17) is 4.74 Å². The molecule has 1 heterocycles. The molecule has 0 saturated carbocycles. The first-order valence-electron chi connectivity index (χ1n) is 6.16. The van der Waals surface area contributed by atoms with Crippen LogP contribution in [0.5, 0.6) is 5.75 Å². The van der Waals surface area contributed by atoms with Crippen LogP contribution in [0.1, 0.15) is 24.1 Å². The van der Waals surface area contributed by atoms with Crippen LogP contribution in [0, 0.1) is 5.82 Å². The minimum atomic E-state index is -0.256. The molecule has 2 rings (SSSR count). The van der Waals surface area contributed by atoms with E-state index in [-0.39, 0.29) is 11.9 Å². The number of aromatic nitrogens is 1. The Morgan fingerprint density at radius 3 is 2.68 bits per heavy atom. The molecule has 0 aliphatic rings. The van der Waals surface area contributed by atoms with Gasteiger partial charge in [0.2, 0.25) is 0 Å². The average molecular weight is 260 g/mol. The van der Waals surface area contributed by atoms with Gasteiger partial charge in [-0.05, 0) is 42.8 Å². The van der Waals surface area contributed by atoms with Crippen molar-refractivity contribution in [3.63, 3.8) is 0 Å². The molecule has 0 bridgehead atoms. The molecule has 0 radical (unpaired) electrons. The molecule has 1 aromatic carbocycles. The molecular formula is C15H17FN2O. The molecule has 0 aliphatic heterocycles. The highest BCUT2D eigenvalue weighted by Gasteiger charge is 2.12. The summed E-state index contributed by atoms with van der Waals surface area (Å²) in [5.41, 5.74) is 1.95. The van der Waals surface area contributed by atoms with Crippen molar-refractivity contribution in [3.05, 3.63) is 59.7 Å². The maximum Gasteiger partial charge on any atom is 0.123 e. The highest BCUT2D eigenvalue weighted by Crippen LogP contribution is 2.25. The summed E-state index contributed by atoms with van der Waals surface area (Å²) in [4.78, 5) is 3.97. The number of benzene rings is 1. The molecule has 1 aromatic heterocycles. The Bertz CT molecular complexity index is 531. The van der Waals surface area contributed by atoms with Crippen LogP contribution >= 0.6 is 0 Å². The molecule has 3 nitrogen and oxygen atoms in total. The standard InChI is InChI=1S/C15H17FN2O/c1-11(18-10-12-5-7-17-8-6-12)14-9-13(16)3-4-15(14)19-2/h3-9,11,18H,10H2,1-2H3/t11-/m0/s1. The number of hydrogen-bond acceptors (Lipinski definition) is 3. The van der Waals surface area contributed by atoms with E-state index in [2.05, 4.69) is 10.3 Å². The molecule has 0 unspecified atom stereocenters. The number of nitrogens with zero attached hydrogens (tertiary/aromatic N) is 1. The second-order valence-electron chi connectivity index (χ2n) is 4.34. The van der Waals surface area contributed by atoms with Gasteiger partial charge in [-0.2, -0.15) is 0 Å². The molecule has 100 valence electrons. The molecule has 0 fully saturated rings. The lowest BCUT2D eigenvalue weighted by molar-refractivity contribution is 0.399. The Morgan fingerprint density at radius 1 is 1.26 bits per heavy atom. The van der Waals surface area contributed by atoms with Crippen molar-refractivity contribution >= 4 is 0 Å². The fourth-order valence-corrected chi connectivity index (χ4v) is 1.93. The summed E-state index contributed by atoms with van der Waals surface area (Å²) in [6.07, 6.45) is 3.51. The third-order valence-electron chi connectivity index (χ3n) is 3.02. The van der Waals surface area contributed by atoms with Gasteiger partial charge in [0.05, 0.1) is 7.11 Å². The molecule has 4 heteroatoms. The first kappa shape index (κ1) is 13.5. The molecule has 0 amide bonds. The molecule has 0 spiro atoms. The minimum absolute atomic E-state index is 0.00110. The van der Waals surface area contributed by atoms with E-state index in [1.54, 1.807) is 25.6 Å². The summed E-state index contributed by atoms with van der Waals surface area (Å²) >= 11 is 0. The zero-order valence-corrected chi connectivity index (χ0v) is 11.1. The number of hydrogen-bond donors (Lipinski definition) is 1. The summed E-state index contributed by atoms with van der Waals surface area (Å²) in [5.74, 6) is 0.435. The predicted molar refractivity (Wildman–Crippen MR) is 72.4 cm³/mol. The van der Waals surface area contributed by atoms with Gasteiger partial charge >= 0.3 is 0 Å². The quantitative estimate of drug-likeness (QED) is 0.897. The summed E-state index contributed by atoms with van der Waals surface area (Å²) in [6.45, 7) is 2.68. The third kappa shape index (κ3) is 3.51. The first-order valence-corrected chi connectivity index (χ1v) is 6.16. The van der Waals surface area contributed by atoms with Crippen LogP contribution in [0.3, 0.4) is 0 Å². The fourth-order valence-electron chi connectivity index (χ4n) is 1.93. The van der Waals surface area contributed by atoms with Crippen LogP contribution in [0.15, 0.2) is 42.7 Å². The van der Waals surface area contributed by atoms with Crippen molar-refractivity contribution in [2.45, 2.75) is 19.5 Å². The highest BCUT2D eigenvalue weighted by atomic mass is 19.1. The van der Waals surface area contributed by atoms with Gasteiger partial charge in [0.1, 0.15) is 11.6 Å². The lowest BCUT2D eigenvalue weighted by Crippen LogP contribution is -2.18. The third-order valence-corrected chi connectivity index (χ3v) is 3.02. The van der Waals surface area contributed by atoms with Crippen molar-refractivity contribution in [2.24, 2.45) is 0 Å². The molecule has 1 N–H and O–H groups in total. The number of rotatable bonds is 5. The van der Waals surface area contributed by atoms with E-state index in [1.807, 2.05) is 19.1 Å². The van der Waals surface area contributed by atoms with E-state index in [0.717, 1.165) is 11.1 Å². The second-order valence-corrected chi connectivity index (χ2v) is 4.34. The van der Waals surface area contributed by atoms with Crippen molar-refractivity contribution in [3.8, 4) is 5.75 Å². The van der Waals surface area contributed by atoms with Gasteiger partial charge in [-0.15, -0.1) is 0 Å². The van der Waals surface area contributed by atoms with Gasteiger partial charge in [0, 0.05) is 30.5 Å². The SMILES string of the molecule is COc1ccc(F)cc1[C@H](C)NCc1ccncc1. The maximum absolute atomic E-state index is 13.3. The van der Waals surface area contributed by atoms with Crippen molar-refractivity contribution < 1.29 is 9.13 Å². The van der Waals surface area contributed by atoms with Crippen molar-refractivity contribution in [1.29, 1.82) is 0 Å². The molecule has 0 aliphatic carbocycles. The van der Waals surface area contributed by atoms with Crippen LogP contribution in [0.2, 0.25) is 0 Å². The number of nitrogens with one attached hydrogen (secondary N) is 1. The number of ether oxygens (including phenoxy) is 1. The number of halogens is 1. The zero-order valence-electron chi connectivity index (χ0n) is 11.1. The van der Waals surface area contributed by atoms with Crippen LogP contribution in [-0.4, -0.2) is 12.1 Å². The summed E-state index contributed by atoms with van der Waals surface area (Å²) in [5, 5.41) is 3.34. The van der Waals surface area contributed by atoms with Crippen molar-refractivity contribution in [1.82, 2.24) is 10.3 Å². The Balaban J connectivity index is 2.07. The molecule has 2 aromatic rings. The Morgan fingerprint density at radius 2 is 2.00 bits per heavy atom. The van der Waals surface area contributed by atoms with Gasteiger partial charge in [-0.1, -0.05) is 0 Å². The van der Waals surface area contributed by atoms with Gasteiger partial charge in [-0.3, -0.25) is 4.98 Å². The van der Waals surface area contributed by atoms with Crippen LogP contribution in [0.25, 0.3) is 0 Å². The van der Waals surface area contributed by atoms with Crippen LogP contribution < -0.4 is 10.1 Å². The lowest BCUT2D eigenvalue weighted by Gasteiger charge is -2.17. The molecule has 19 heavy (non-hydrogen) atoms. The molecule has 1 atom stereocenters. The number of methoxy groups -OCH3 is 1. The predicted octanol–water partition coefficient (Wildman–Crippen LogP) is 3.08. The van der Waals surface area contributed by atoms with E-state index < -0.39 is 0 Å². The van der Waals surface area contributed by atoms with Gasteiger partial charge in [-0.25, -0.2) is 4.39 Å². The summed E-state index contributed by atoms with van der Waals surface area (Å²) in [6, 6.07) is 8.44. The Labute approximate surface area is 112 Å². The van der Waals surface area contributed by atoms with E-state index >= 15 is 0 Å². The Kier molecular flexibility index (Phi) is 4.47. The van der Waals surface area contributed by atoms with Crippen LogP contribution in [0.4, 0.5) is 4.39 Å². The topological polar surface area (TPSA) is 34.1 Å². The van der Waals surface area contributed by atoms with Gasteiger partial charge in [0.15, 0.2) is 0 Å². The van der Waals surface area contributed by atoms with Crippen LogP contribution in [-0.2, 0) is 6.54 Å². The van der Waals surface area contributed by atoms with Gasteiger partial charge < -0.3 is 10.1 Å². The van der Waals surface area contributed by atoms with E-state index in [1.165, 1.54) is 12.1 Å². The largest absolute Gasteiger partial charge is 0.496 e. The van der Waals surface area contributed by atoms with E-state index in [9.17, 15) is 4.39 Å². The first-order chi connectivity index (χ1) is 9.20.